The first-order chi connectivity index (χ1) is 11.8. The second-order valence-corrected chi connectivity index (χ2v) is 6.62. The van der Waals surface area contributed by atoms with E-state index in [1.807, 2.05) is 24.4 Å². The first-order valence-corrected chi connectivity index (χ1v) is 8.14. The van der Waals surface area contributed by atoms with E-state index in [9.17, 15) is 4.79 Å². The molecule has 4 rings (SSSR count). The molecule has 7 heteroatoms. The van der Waals surface area contributed by atoms with Crippen LogP contribution >= 0.6 is 0 Å². The molecule has 4 heterocycles. The maximum Gasteiger partial charge on any atom is 0.289 e. The molecule has 2 atom stereocenters. The van der Waals surface area contributed by atoms with Crippen molar-refractivity contribution in [3.63, 3.8) is 0 Å². The molecule has 0 unspecified atom stereocenters. The Bertz CT molecular complexity index is 691. The summed E-state index contributed by atoms with van der Waals surface area (Å²) in [6.45, 7) is 4.69. The average molecular weight is 328 g/mol. The van der Waals surface area contributed by atoms with Crippen LogP contribution < -0.4 is 5.32 Å². The molecular formula is C17H20N4O3. The monoisotopic (exact) mass is 328 g/mol. The van der Waals surface area contributed by atoms with E-state index in [1.165, 1.54) is 6.20 Å². The molecule has 0 radical (unpaired) electrons. The van der Waals surface area contributed by atoms with Gasteiger partial charge in [-0.25, -0.2) is 0 Å². The number of nitrogens with zero attached hydrogens (tertiary/aromatic N) is 3. The van der Waals surface area contributed by atoms with Crippen LogP contribution in [0.2, 0.25) is 0 Å². The molecule has 7 nitrogen and oxygen atoms in total. The van der Waals surface area contributed by atoms with E-state index in [-0.39, 0.29) is 17.1 Å². The Labute approximate surface area is 140 Å². The van der Waals surface area contributed by atoms with Crippen LogP contribution in [0.15, 0.2) is 41.2 Å². The lowest BCUT2D eigenvalue weighted by Crippen LogP contribution is -2.43. The number of nitrogens with one attached hydrogen (secondary N) is 1. The lowest BCUT2D eigenvalue weighted by molar-refractivity contribution is 0.0869. The van der Waals surface area contributed by atoms with Crippen molar-refractivity contribution in [1.29, 1.82) is 0 Å². The van der Waals surface area contributed by atoms with Crippen molar-refractivity contribution < 1.29 is 14.1 Å². The van der Waals surface area contributed by atoms with Gasteiger partial charge in [-0.15, -0.1) is 0 Å². The van der Waals surface area contributed by atoms with Crippen LogP contribution in [0, 0.1) is 11.3 Å². The summed E-state index contributed by atoms with van der Waals surface area (Å²) in [5.74, 6) is 0.442. The van der Waals surface area contributed by atoms with Gasteiger partial charge in [-0.2, -0.15) is 0 Å². The Balaban J connectivity index is 1.40. The molecule has 2 aliphatic rings. The van der Waals surface area contributed by atoms with E-state index in [1.54, 1.807) is 6.07 Å². The van der Waals surface area contributed by atoms with Crippen LogP contribution in [0.25, 0.3) is 0 Å². The Morgan fingerprint density at radius 3 is 3.12 bits per heavy atom. The lowest BCUT2D eigenvalue weighted by Gasteiger charge is -2.27. The van der Waals surface area contributed by atoms with Crippen LogP contribution in [0.5, 0.6) is 0 Å². The van der Waals surface area contributed by atoms with Crippen molar-refractivity contribution in [3.8, 4) is 0 Å². The summed E-state index contributed by atoms with van der Waals surface area (Å²) < 4.78 is 10.6. The highest BCUT2D eigenvalue weighted by Gasteiger charge is 2.50. The topological polar surface area (TPSA) is 80.5 Å². The molecule has 0 aliphatic carbocycles. The van der Waals surface area contributed by atoms with E-state index in [4.69, 9.17) is 9.26 Å². The minimum atomic E-state index is -0.226. The quantitative estimate of drug-likeness (QED) is 0.880. The molecule has 24 heavy (non-hydrogen) atoms. The Morgan fingerprint density at radius 1 is 1.38 bits per heavy atom. The third kappa shape index (κ3) is 2.92. The third-order valence-corrected chi connectivity index (χ3v) is 4.97. The van der Waals surface area contributed by atoms with Gasteiger partial charge in [-0.05, 0) is 12.1 Å². The van der Waals surface area contributed by atoms with Gasteiger partial charge in [-0.1, -0.05) is 11.2 Å². The van der Waals surface area contributed by atoms with Crippen molar-refractivity contribution in [3.05, 3.63) is 48.1 Å². The largest absolute Gasteiger partial charge is 0.380 e. The minimum Gasteiger partial charge on any atom is -0.380 e. The summed E-state index contributed by atoms with van der Waals surface area (Å²) in [5, 5.41) is 6.55. The zero-order valence-corrected chi connectivity index (χ0v) is 13.4. The van der Waals surface area contributed by atoms with Gasteiger partial charge in [0.2, 0.25) is 5.76 Å². The number of carbonyl (C=O) groups excluding carboxylic acids is 1. The fourth-order valence-corrected chi connectivity index (χ4v) is 3.71. The molecule has 2 aromatic heterocycles. The zero-order valence-electron chi connectivity index (χ0n) is 13.4. The Morgan fingerprint density at radius 2 is 2.33 bits per heavy atom. The van der Waals surface area contributed by atoms with Crippen LogP contribution in [0.4, 0.5) is 0 Å². The smallest absolute Gasteiger partial charge is 0.289 e. The predicted molar refractivity (Wildman–Crippen MR) is 85.1 cm³/mol. The molecule has 1 amide bonds. The molecule has 2 saturated heterocycles. The van der Waals surface area contributed by atoms with Crippen LogP contribution in [-0.4, -0.2) is 53.8 Å². The number of pyridine rings is 1. The van der Waals surface area contributed by atoms with Gasteiger partial charge in [0, 0.05) is 49.8 Å². The van der Waals surface area contributed by atoms with E-state index in [0.717, 1.165) is 31.9 Å². The van der Waals surface area contributed by atoms with Crippen molar-refractivity contribution in [1.82, 2.24) is 20.4 Å². The van der Waals surface area contributed by atoms with E-state index in [2.05, 4.69) is 20.4 Å². The highest BCUT2D eigenvalue weighted by Crippen LogP contribution is 2.41. The van der Waals surface area contributed by atoms with Crippen molar-refractivity contribution in [2.75, 3.05) is 32.8 Å². The summed E-state index contributed by atoms with van der Waals surface area (Å²) in [6, 6.07) is 7.55. The molecular weight excluding hydrogens is 308 g/mol. The number of rotatable bonds is 5. The highest BCUT2D eigenvalue weighted by molar-refractivity contribution is 5.91. The summed E-state index contributed by atoms with van der Waals surface area (Å²) in [4.78, 5) is 18.9. The fraction of sp³-hybridized carbons (Fsp3) is 0.471. The molecule has 126 valence electrons. The number of fused-ring (bicyclic) bond motifs is 1. The van der Waals surface area contributed by atoms with Gasteiger partial charge in [0.25, 0.3) is 5.91 Å². The molecule has 2 aliphatic heterocycles. The normalized spacial score (nSPS) is 26.4. The van der Waals surface area contributed by atoms with Crippen LogP contribution in [-0.2, 0) is 11.3 Å². The van der Waals surface area contributed by atoms with Gasteiger partial charge in [0.15, 0.2) is 0 Å². The molecule has 1 N–H and O–H groups in total. The first kappa shape index (κ1) is 15.3. The van der Waals surface area contributed by atoms with Crippen molar-refractivity contribution >= 4 is 5.91 Å². The lowest BCUT2D eigenvalue weighted by atomic mass is 9.81. The zero-order chi connectivity index (χ0) is 16.4. The van der Waals surface area contributed by atoms with Gasteiger partial charge >= 0.3 is 0 Å². The number of ether oxygens (including phenoxy) is 1. The average Bonchev–Trinajstić information content (AvgIpc) is 3.29. The molecule has 0 bridgehead atoms. The summed E-state index contributed by atoms with van der Waals surface area (Å²) in [6.07, 6.45) is 3.29. The van der Waals surface area contributed by atoms with Gasteiger partial charge in [0.1, 0.15) is 0 Å². The standard InChI is InChI=1S/C17H20N4O3/c22-16(15-4-6-20-24-15)19-10-17-11-21(7-13(17)9-23-12-17)8-14-3-1-2-5-18-14/h1-6,13H,7-12H2,(H,19,22)/t13-,17+/m0/s1. The maximum atomic E-state index is 12.1. The van der Waals surface area contributed by atoms with Crippen LogP contribution in [0.1, 0.15) is 16.2 Å². The van der Waals surface area contributed by atoms with Gasteiger partial charge in [-0.3, -0.25) is 14.7 Å². The SMILES string of the molecule is O=C(NC[C@@]12COC[C@@H]1CN(Cc1ccccn1)C2)c1ccno1. The first-order valence-electron chi connectivity index (χ1n) is 8.14. The number of likely N-dealkylation sites (tertiary alicyclic amines) is 1. The van der Waals surface area contributed by atoms with E-state index >= 15 is 0 Å². The molecule has 2 fully saturated rings. The second kappa shape index (κ2) is 6.33. The highest BCUT2D eigenvalue weighted by atomic mass is 16.5. The number of amides is 1. The molecule has 0 spiro atoms. The predicted octanol–water partition coefficient (Wildman–Crippen LogP) is 0.948. The number of hydrogen-bond acceptors (Lipinski definition) is 6. The third-order valence-electron chi connectivity index (χ3n) is 4.97. The van der Waals surface area contributed by atoms with Gasteiger partial charge in [0.05, 0.1) is 25.1 Å². The van der Waals surface area contributed by atoms with Crippen LogP contribution in [0.3, 0.4) is 0 Å². The number of aromatic nitrogens is 2. The summed E-state index contributed by atoms with van der Waals surface area (Å²) in [5.41, 5.74) is 1.03. The van der Waals surface area contributed by atoms with E-state index in [0.29, 0.717) is 19.1 Å². The molecule has 0 aromatic carbocycles. The fourth-order valence-electron chi connectivity index (χ4n) is 3.71. The summed E-state index contributed by atoms with van der Waals surface area (Å²) >= 11 is 0. The molecule has 2 aromatic rings. The molecule has 0 saturated carbocycles. The van der Waals surface area contributed by atoms with Gasteiger partial charge < -0.3 is 14.6 Å². The Kier molecular flexibility index (Phi) is 4.03. The second-order valence-electron chi connectivity index (χ2n) is 6.62. The Hall–Kier alpha value is -2.25. The number of carbonyl (C=O) groups is 1. The summed E-state index contributed by atoms with van der Waals surface area (Å²) in [7, 11) is 0. The number of hydrogen-bond donors (Lipinski definition) is 1. The van der Waals surface area contributed by atoms with Crippen molar-refractivity contribution in [2.45, 2.75) is 6.54 Å². The van der Waals surface area contributed by atoms with Crippen molar-refractivity contribution in [2.24, 2.45) is 11.3 Å². The maximum absolute atomic E-state index is 12.1. The van der Waals surface area contributed by atoms with E-state index < -0.39 is 0 Å². The minimum absolute atomic E-state index is 0.0372.